The van der Waals surface area contributed by atoms with Gasteiger partial charge in [0.25, 0.3) is 6.54 Å². The van der Waals surface area contributed by atoms with Gasteiger partial charge in [0.15, 0.2) is 0 Å². The number of nitrogens with zero attached hydrogens (tertiary/aromatic N) is 2. The van der Waals surface area contributed by atoms with Gasteiger partial charge in [0.1, 0.15) is 6.07 Å². The molecule has 0 saturated heterocycles. The van der Waals surface area contributed by atoms with E-state index in [9.17, 15) is 17.3 Å². The standard InChI is InChI=1S/C3H3BN3.BF4/c4-7-3-6-2-1-5;2-1(3,4)5/h7H,2H2;/q+1;-1. The molecule has 0 atom stereocenters. The molecule has 64 valence electrons. The summed E-state index contributed by atoms with van der Waals surface area (Å²) in [4.78, 5) is 3.36. The highest BCUT2D eigenvalue weighted by Gasteiger charge is 2.20. The highest BCUT2D eigenvalue weighted by molar-refractivity contribution is 6.50. The van der Waals surface area contributed by atoms with E-state index in [0.717, 1.165) is 0 Å². The smallest absolute Gasteiger partial charge is 0.418 e. The third-order valence-corrected chi connectivity index (χ3v) is 0.293. The molecule has 0 aromatic heterocycles. The van der Waals surface area contributed by atoms with Crippen LogP contribution in [0.5, 0.6) is 0 Å². The van der Waals surface area contributed by atoms with E-state index in [-0.39, 0.29) is 6.54 Å². The normalized spacial score (nSPS) is 7.92. The van der Waals surface area contributed by atoms with Gasteiger partial charge in [0.05, 0.1) is 0 Å². The van der Waals surface area contributed by atoms with Gasteiger partial charge >= 0.3 is 21.4 Å². The molecule has 12 heavy (non-hydrogen) atoms. The number of hydrogen-bond acceptors (Lipinski definition) is 2. The van der Waals surface area contributed by atoms with Gasteiger partial charge in [0.2, 0.25) is 0 Å². The molecule has 0 aliphatic carbocycles. The second-order valence-electron chi connectivity index (χ2n) is 1.23. The molecule has 1 N–H and O–H groups in total. The molecule has 0 heterocycles. The quantitative estimate of drug-likeness (QED) is 0.196. The summed E-state index contributed by atoms with van der Waals surface area (Å²) in [5, 5.41) is 9.88. The minimum atomic E-state index is -6.00. The Morgan fingerprint density at radius 3 is 2.08 bits per heavy atom. The van der Waals surface area contributed by atoms with E-state index in [2.05, 4.69) is 11.0 Å². The summed E-state index contributed by atoms with van der Waals surface area (Å²) in [6, 6.07) is 1.78. The topological polar surface area (TPSA) is 40.2 Å². The van der Waals surface area contributed by atoms with E-state index in [1.807, 2.05) is 5.23 Å². The largest absolute Gasteiger partial charge is 0.673 e. The maximum absolute atomic E-state index is 9.75. The van der Waals surface area contributed by atoms with Gasteiger partial charge in [-0.1, -0.05) is 0 Å². The zero-order chi connectivity index (χ0) is 10.0. The van der Waals surface area contributed by atoms with Crippen LogP contribution in [0.4, 0.5) is 17.3 Å². The first-order chi connectivity index (χ1) is 5.41. The van der Waals surface area contributed by atoms with Crippen molar-refractivity contribution in [2.75, 3.05) is 6.54 Å². The van der Waals surface area contributed by atoms with Crippen molar-refractivity contribution >= 4 is 15.2 Å². The van der Waals surface area contributed by atoms with Gasteiger partial charge in [0, 0.05) is 0 Å². The number of nitriles is 1. The second kappa shape index (κ2) is 7.73. The van der Waals surface area contributed by atoms with E-state index in [1.165, 1.54) is 0 Å². The van der Waals surface area contributed by atoms with Crippen LogP contribution in [0.2, 0.25) is 0 Å². The minimum Gasteiger partial charge on any atom is -0.418 e. The summed E-state index contributed by atoms with van der Waals surface area (Å²) in [6.45, 7) is 0.101. The molecule has 0 aliphatic heterocycles. The van der Waals surface area contributed by atoms with Gasteiger partial charge in [-0.05, 0) is 0 Å². The fourth-order valence-electron chi connectivity index (χ4n) is 0.121. The Kier molecular flexibility index (Phi) is 8.53. The lowest BCUT2D eigenvalue weighted by Crippen LogP contribution is -2.02. The summed E-state index contributed by atoms with van der Waals surface area (Å²) in [5.41, 5.74) is 0. The lowest BCUT2D eigenvalue weighted by atomic mass is 10.3. The number of halogens is 4. The Bertz CT molecular complexity index is 192. The Morgan fingerprint density at radius 1 is 1.42 bits per heavy atom. The summed E-state index contributed by atoms with van der Waals surface area (Å²) >= 11 is 0. The molecule has 3 nitrogen and oxygen atoms in total. The number of nitrogens with one attached hydrogen (secondary N) is 1. The van der Waals surface area contributed by atoms with Gasteiger partial charge in [-0.15, -0.1) is 0 Å². The van der Waals surface area contributed by atoms with E-state index >= 15 is 0 Å². The monoisotopic (exact) mass is 179 g/mol. The molecule has 0 saturated carbocycles. The molecule has 0 amide bonds. The SMILES string of the molecule is F[B-](F)(F)F.[B]NC#[N+]CC#N. The Hall–Kier alpha value is -1.37. The fourth-order valence-corrected chi connectivity index (χ4v) is 0.121. The molecule has 0 spiro atoms. The average Bonchev–Trinajstić information content (AvgIpc) is 1.85. The lowest BCUT2D eigenvalue weighted by Gasteiger charge is -1.94. The van der Waals surface area contributed by atoms with E-state index < -0.39 is 7.25 Å². The highest BCUT2D eigenvalue weighted by atomic mass is 19.5. The van der Waals surface area contributed by atoms with Gasteiger partial charge in [-0.3, -0.25) is 5.23 Å². The average molecular weight is 179 g/mol. The highest BCUT2D eigenvalue weighted by Crippen LogP contribution is 2.06. The van der Waals surface area contributed by atoms with Crippen LogP contribution in [-0.4, -0.2) is 21.8 Å². The second-order valence-corrected chi connectivity index (χ2v) is 1.23. The molecule has 0 aliphatic rings. The number of rotatable bonds is 0. The summed E-state index contributed by atoms with van der Waals surface area (Å²) in [6.07, 6.45) is 2.18. The molecule has 0 unspecified atom stereocenters. The van der Waals surface area contributed by atoms with E-state index in [0.29, 0.717) is 0 Å². The maximum atomic E-state index is 9.75. The van der Waals surface area contributed by atoms with Crippen LogP contribution in [0.1, 0.15) is 0 Å². The van der Waals surface area contributed by atoms with Crippen molar-refractivity contribution in [3.8, 4) is 12.3 Å². The molecule has 0 bridgehead atoms. The first-order valence-electron chi connectivity index (χ1n) is 2.53. The minimum absolute atomic E-state index is 0.101. The molecule has 9 heteroatoms. The first kappa shape index (κ1) is 13.2. The third-order valence-electron chi connectivity index (χ3n) is 0.293. The van der Waals surface area contributed by atoms with E-state index in [4.69, 9.17) is 13.2 Å². The summed E-state index contributed by atoms with van der Waals surface area (Å²) < 4.78 is 39.0. The molecule has 0 aromatic rings. The third kappa shape index (κ3) is 72.6. The van der Waals surface area contributed by atoms with Crippen LogP contribution in [0, 0.1) is 17.5 Å². The lowest BCUT2D eigenvalue weighted by molar-refractivity contribution is 0.368. The summed E-state index contributed by atoms with van der Waals surface area (Å²) in [7, 11) is -1.29. The van der Waals surface area contributed by atoms with Crippen LogP contribution in [0.25, 0.3) is 4.85 Å². The molecular weight excluding hydrogens is 176 g/mol. The van der Waals surface area contributed by atoms with Crippen LogP contribution >= 0.6 is 0 Å². The van der Waals surface area contributed by atoms with Crippen molar-refractivity contribution in [2.45, 2.75) is 0 Å². The van der Waals surface area contributed by atoms with E-state index in [1.54, 1.807) is 6.07 Å². The molecule has 0 fully saturated rings. The van der Waals surface area contributed by atoms with Crippen molar-refractivity contribution in [1.82, 2.24) is 5.23 Å². The Morgan fingerprint density at radius 2 is 1.83 bits per heavy atom. The van der Waals surface area contributed by atoms with Gasteiger partial charge in [-0.2, -0.15) is 10.1 Å². The zero-order valence-electron chi connectivity index (χ0n) is 5.77. The van der Waals surface area contributed by atoms with Crippen LogP contribution in [0.15, 0.2) is 0 Å². The predicted octanol–water partition coefficient (Wildman–Crippen LogP) is 0.773. The van der Waals surface area contributed by atoms with Gasteiger partial charge in [-0.25, -0.2) is 0 Å². The summed E-state index contributed by atoms with van der Waals surface area (Å²) in [5.74, 6) is 0. The van der Waals surface area contributed by atoms with Crippen molar-refractivity contribution in [2.24, 2.45) is 0 Å². The van der Waals surface area contributed by atoms with Crippen molar-refractivity contribution in [3.63, 3.8) is 0 Å². The predicted molar refractivity (Wildman–Crippen MR) is 36.8 cm³/mol. The van der Waals surface area contributed by atoms with Gasteiger partial charge < -0.3 is 17.3 Å². The molecule has 2 radical (unpaired) electrons. The zero-order valence-corrected chi connectivity index (χ0v) is 5.77. The molecule has 0 aromatic carbocycles. The number of hydrogen-bond donors (Lipinski definition) is 1. The molecule has 0 rings (SSSR count). The fraction of sp³-hybridized carbons (Fsp3) is 0.333. The molecular formula is C3H3B2F4N3. The van der Waals surface area contributed by atoms with Crippen LogP contribution in [-0.2, 0) is 0 Å². The van der Waals surface area contributed by atoms with Crippen molar-refractivity contribution in [1.29, 1.82) is 5.26 Å². The van der Waals surface area contributed by atoms with Crippen LogP contribution in [0.3, 0.4) is 0 Å². The Balaban J connectivity index is 0. The Labute approximate surface area is 67.7 Å². The maximum Gasteiger partial charge on any atom is 0.673 e. The van der Waals surface area contributed by atoms with Crippen molar-refractivity contribution in [3.05, 3.63) is 4.85 Å². The van der Waals surface area contributed by atoms with Crippen LogP contribution < -0.4 is 5.23 Å². The first-order valence-corrected chi connectivity index (χ1v) is 2.53. The van der Waals surface area contributed by atoms with Crippen molar-refractivity contribution < 1.29 is 17.3 Å².